The molecule has 0 bridgehead atoms. The molecule has 2 aliphatic rings. The molecule has 2 aliphatic heterocycles. The molecule has 0 aliphatic carbocycles. The van der Waals surface area contributed by atoms with E-state index in [-0.39, 0.29) is 0 Å². The summed E-state index contributed by atoms with van der Waals surface area (Å²) in [6.45, 7) is 3.75. The second-order valence-corrected chi connectivity index (χ2v) is 5.82. The van der Waals surface area contributed by atoms with Gasteiger partial charge in [-0.3, -0.25) is 0 Å². The Balaban J connectivity index is 1.80. The fourth-order valence-corrected chi connectivity index (χ4v) is 3.09. The van der Waals surface area contributed by atoms with Crippen molar-refractivity contribution in [3.63, 3.8) is 0 Å². The minimum atomic E-state index is 0.383. The van der Waals surface area contributed by atoms with E-state index in [1.54, 1.807) is 0 Å². The SMILES string of the molecule is Nc1nc([C@@H]2CCOC2)cc(N2CCCCCCC2)n1. The lowest BCUT2D eigenvalue weighted by atomic mass is 10.0. The van der Waals surface area contributed by atoms with Gasteiger partial charge in [-0.2, -0.15) is 4.98 Å². The Bertz CT molecular complexity index is 437. The molecule has 0 saturated carbocycles. The number of nitrogens with two attached hydrogens (primary N) is 1. The predicted octanol–water partition coefficient (Wildman–Crippen LogP) is 2.33. The van der Waals surface area contributed by atoms with Crippen molar-refractivity contribution in [2.24, 2.45) is 0 Å². The molecule has 1 aromatic rings. The van der Waals surface area contributed by atoms with E-state index in [1.807, 2.05) is 0 Å². The quantitative estimate of drug-likeness (QED) is 0.898. The Labute approximate surface area is 120 Å². The zero-order chi connectivity index (χ0) is 13.8. The van der Waals surface area contributed by atoms with Gasteiger partial charge in [0.25, 0.3) is 0 Å². The number of hydrogen-bond donors (Lipinski definition) is 1. The molecule has 1 aromatic heterocycles. The lowest BCUT2D eigenvalue weighted by Crippen LogP contribution is -2.28. The number of hydrogen-bond acceptors (Lipinski definition) is 5. The molecule has 2 fully saturated rings. The normalized spacial score (nSPS) is 24.4. The average molecular weight is 276 g/mol. The minimum Gasteiger partial charge on any atom is -0.381 e. The third-order valence-corrected chi connectivity index (χ3v) is 4.28. The Kier molecular flexibility index (Phi) is 4.35. The van der Waals surface area contributed by atoms with Crippen molar-refractivity contribution < 1.29 is 4.74 Å². The number of aromatic nitrogens is 2. The van der Waals surface area contributed by atoms with Gasteiger partial charge in [0.1, 0.15) is 5.82 Å². The van der Waals surface area contributed by atoms with Crippen LogP contribution in [0.3, 0.4) is 0 Å². The van der Waals surface area contributed by atoms with Crippen LogP contribution in [0.25, 0.3) is 0 Å². The van der Waals surface area contributed by atoms with E-state index in [2.05, 4.69) is 20.9 Å². The van der Waals surface area contributed by atoms with Crippen LogP contribution in [0.1, 0.15) is 50.1 Å². The van der Waals surface area contributed by atoms with Crippen LogP contribution < -0.4 is 10.6 Å². The lowest BCUT2D eigenvalue weighted by molar-refractivity contribution is 0.193. The molecule has 20 heavy (non-hydrogen) atoms. The third-order valence-electron chi connectivity index (χ3n) is 4.28. The van der Waals surface area contributed by atoms with Crippen LogP contribution >= 0.6 is 0 Å². The highest BCUT2D eigenvalue weighted by atomic mass is 16.5. The number of anilines is 2. The summed E-state index contributed by atoms with van der Waals surface area (Å²) >= 11 is 0. The molecule has 110 valence electrons. The van der Waals surface area contributed by atoms with Crippen molar-refractivity contribution in [3.8, 4) is 0 Å². The monoisotopic (exact) mass is 276 g/mol. The van der Waals surface area contributed by atoms with Crippen LogP contribution in [0.5, 0.6) is 0 Å². The first-order chi connectivity index (χ1) is 9.83. The summed E-state index contributed by atoms with van der Waals surface area (Å²) in [6.07, 6.45) is 7.53. The molecule has 5 nitrogen and oxygen atoms in total. The van der Waals surface area contributed by atoms with Crippen molar-refractivity contribution >= 4 is 11.8 Å². The summed E-state index contributed by atoms with van der Waals surface area (Å²) in [5, 5.41) is 0. The van der Waals surface area contributed by atoms with Gasteiger partial charge in [-0.05, 0) is 19.3 Å². The van der Waals surface area contributed by atoms with Gasteiger partial charge >= 0.3 is 0 Å². The summed E-state index contributed by atoms with van der Waals surface area (Å²) in [6, 6.07) is 2.12. The maximum absolute atomic E-state index is 5.91. The first-order valence-electron chi connectivity index (χ1n) is 7.80. The highest BCUT2D eigenvalue weighted by molar-refractivity contribution is 5.44. The average Bonchev–Trinajstić information content (AvgIpc) is 2.91. The highest BCUT2D eigenvalue weighted by Gasteiger charge is 2.21. The van der Waals surface area contributed by atoms with Gasteiger partial charge in [0.05, 0.1) is 12.3 Å². The molecule has 2 N–H and O–H groups in total. The Hall–Kier alpha value is -1.36. The molecule has 3 heterocycles. The van der Waals surface area contributed by atoms with Crippen molar-refractivity contribution in [1.82, 2.24) is 9.97 Å². The van der Waals surface area contributed by atoms with E-state index in [1.165, 1.54) is 32.1 Å². The molecular weight excluding hydrogens is 252 g/mol. The van der Waals surface area contributed by atoms with Gasteiger partial charge in [-0.1, -0.05) is 19.3 Å². The Morgan fingerprint density at radius 2 is 1.85 bits per heavy atom. The lowest BCUT2D eigenvalue weighted by Gasteiger charge is -2.26. The summed E-state index contributed by atoms with van der Waals surface area (Å²) in [5.41, 5.74) is 6.96. The zero-order valence-electron chi connectivity index (χ0n) is 12.1. The van der Waals surface area contributed by atoms with Crippen molar-refractivity contribution in [3.05, 3.63) is 11.8 Å². The van der Waals surface area contributed by atoms with E-state index in [9.17, 15) is 0 Å². The van der Waals surface area contributed by atoms with Crippen LogP contribution in [-0.4, -0.2) is 36.3 Å². The maximum atomic E-state index is 5.91. The van der Waals surface area contributed by atoms with Crippen LogP contribution in [0.4, 0.5) is 11.8 Å². The summed E-state index contributed by atoms with van der Waals surface area (Å²) in [5.74, 6) is 1.78. The van der Waals surface area contributed by atoms with Crippen molar-refractivity contribution in [1.29, 1.82) is 0 Å². The fraction of sp³-hybridized carbons (Fsp3) is 0.733. The topological polar surface area (TPSA) is 64.3 Å². The van der Waals surface area contributed by atoms with Crippen LogP contribution in [-0.2, 0) is 4.74 Å². The first-order valence-corrected chi connectivity index (χ1v) is 7.80. The molecule has 3 rings (SSSR count). The molecule has 0 radical (unpaired) electrons. The zero-order valence-corrected chi connectivity index (χ0v) is 12.1. The van der Waals surface area contributed by atoms with Crippen LogP contribution in [0.15, 0.2) is 6.07 Å². The molecular formula is C15H24N4O. The Morgan fingerprint density at radius 1 is 1.10 bits per heavy atom. The fourth-order valence-electron chi connectivity index (χ4n) is 3.09. The van der Waals surface area contributed by atoms with Gasteiger partial charge in [-0.25, -0.2) is 4.98 Å². The van der Waals surface area contributed by atoms with E-state index in [0.717, 1.165) is 44.2 Å². The van der Waals surface area contributed by atoms with Crippen LogP contribution in [0.2, 0.25) is 0 Å². The van der Waals surface area contributed by atoms with E-state index in [0.29, 0.717) is 11.9 Å². The number of nitrogen functional groups attached to an aromatic ring is 1. The number of rotatable bonds is 2. The molecule has 0 spiro atoms. The summed E-state index contributed by atoms with van der Waals surface area (Å²) < 4.78 is 5.46. The molecule has 1 atom stereocenters. The molecule has 5 heteroatoms. The molecule has 2 saturated heterocycles. The molecule has 0 amide bonds. The van der Waals surface area contributed by atoms with E-state index < -0.39 is 0 Å². The Morgan fingerprint density at radius 3 is 2.55 bits per heavy atom. The number of nitrogens with zero attached hydrogens (tertiary/aromatic N) is 3. The van der Waals surface area contributed by atoms with Gasteiger partial charge in [0.15, 0.2) is 0 Å². The second-order valence-electron chi connectivity index (χ2n) is 5.82. The van der Waals surface area contributed by atoms with Gasteiger partial charge < -0.3 is 15.4 Å². The number of ether oxygens (including phenoxy) is 1. The van der Waals surface area contributed by atoms with Gasteiger partial charge in [-0.15, -0.1) is 0 Å². The summed E-state index contributed by atoms with van der Waals surface area (Å²) in [4.78, 5) is 11.2. The van der Waals surface area contributed by atoms with Gasteiger partial charge in [0.2, 0.25) is 5.95 Å². The van der Waals surface area contributed by atoms with Crippen molar-refractivity contribution in [2.75, 3.05) is 36.9 Å². The molecule has 0 unspecified atom stereocenters. The van der Waals surface area contributed by atoms with E-state index in [4.69, 9.17) is 10.5 Å². The second kappa shape index (κ2) is 6.39. The smallest absolute Gasteiger partial charge is 0.222 e. The van der Waals surface area contributed by atoms with E-state index >= 15 is 0 Å². The minimum absolute atomic E-state index is 0.383. The standard InChI is InChI=1S/C15H24N4O/c16-15-17-13(12-6-9-20-11-12)10-14(18-15)19-7-4-2-1-3-5-8-19/h10,12H,1-9,11H2,(H2,16,17,18)/t12-/m1/s1. The maximum Gasteiger partial charge on any atom is 0.222 e. The first kappa shape index (κ1) is 13.6. The van der Waals surface area contributed by atoms with Crippen molar-refractivity contribution in [2.45, 2.75) is 44.4 Å². The van der Waals surface area contributed by atoms with Gasteiger partial charge in [0, 0.05) is 31.7 Å². The highest BCUT2D eigenvalue weighted by Crippen LogP contribution is 2.27. The third kappa shape index (κ3) is 3.20. The predicted molar refractivity (Wildman–Crippen MR) is 79.9 cm³/mol. The molecule has 0 aromatic carbocycles. The largest absolute Gasteiger partial charge is 0.381 e. The van der Waals surface area contributed by atoms with Crippen LogP contribution in [0, 0.1) is 0 Å². The summed E-state index contributed by atoms with van der Waals surface area (Å²) in [7, 11) is 0.